The van der Waals surface area contributed by atoms with Crippen molar-refractivity contribution < 1.29 is 28.7 Å². The number of aliphatic hydroxyl groups is 2. The minimum Gasteiger partial charge on any atom is -0.502 e. The Hall–Kier alpha value is -6.13. The van der Waals surface area contributed by atoms with Crippen LogP contribution in [0.4, 0.5) is 11.4 Å². The Labute approximate surface area is 371 Å². The zero-order chi connectivity index (χ0) is 44.2. The van der Waals surface area contributed by atoms with Crippen molar-refractivity contribution in [1.82, 2.24) is 30.5 Å². The fourth-order valence-electron chi connectivity index (χ4n) is 8.46. The van der Waals surface area contributed by atoms with Crippen LogP contribution in [0.15, 0.2) is 81.8 Å². The van der Waals surface area contributed by atoms with E-state index >= 15 is 0 Å². The summed E-state index contributed by atoms with van der Waals surface area (Å²) in [6.45, 7) is 24.5. The molecule has 3 atom stereocenters. The first-order chi connectivity index (χ1) is 30.5. The molecule has 63 heavy (non-hydrogen) atoms. The predicted molar refractivity (Wildman–Crippen MR) is 239 cm³/mol. The molecule has 3 aliphatic rings. The van der Waals surface area contributed by atoms with Gasteiger partial charge in [-0.3, -0.25) is 4.90 Å². The zero-order valence-corrected chi connectivity index (χ0v) is 36.3. The maximum Gasteiger partial charge on any atom is 0.256 e. The van der Waals surface area contributed by atoms with E-state index in [9.17, 15) is 10.2 Å². The number of benzene rings is 4. The Morgan fingerprint density at radius 1 is 0.778 bits per heavy atom. The summed E-state index contributed by atoms with van der Waals surface area (Å²) in [7, 11) is 0. The summed E-state index contributed by atoms with van der Waals surface area (Å²) in [5.41, 5.74) is 9.03. The Balaban J connectivity index is 0.000000173. The van der Waals surface area contributed by atoms with E-state index in [1.807, 2.05) is 64.1 Å². The molecule has 3 N–H and O–H groups in total. The average Bonchev–Trinajstić information content (AvgIpc) is 4.11. The second kappa shape index (κ2) is 19.1. The van der Waals surface area contributed by atoms with E-state index in [2.05, 4.69) is 52.3 Å². The summed E-state index contributed by atoms with van der Waals surface area (Å²) in [6.07, 6.45) is 3.00. The fraction of sp³-hybridized carbons (Fsp3) is 0.375. The predicted octanol–water partition coefficient (Wildman–Crippen LogP) is 9.32. The van der Waals surface area contributed by atoms with Crippen molar-refractivity contribution in [2.24, 2.45) is 0 Å². The van der Waals surface area contributed by atoms with Crippen LogP contribution in [0.3, 0.4) is 0 Å². The van der Waals surface area contributed by atoms with E-state index in [0.29, 0.717) is 70.0 Å². The van der Waals surface area contributed by atoms with E-state index in [1.165, 1.54) is 22.3 Å². The third-order valence-corrected chi connectivity index (χ3v) is 11.7. The number of alkyl halides is 1. The molecule has 9 rings (SSSR count). The van der Waals surface area contributed by atoms with Gasteiger partial charge < -0.3 is 34.0 Å². The molecule has 6 aromatic rings. The number of nitrogens with zero attached hydrogens (tertiary/aromatic N) is 7. The van der Waals surface area contributed by atoms with E-state index in [1.54, 1.807) is 24.3 Å². The molecule has 3 heterocycles. The van der Waals surface area contributed by atoms with Gasteiger partial charge in [0.15, 0.2) is 0 Å². The lowest BCUT2D eigenvalue weighted by Gasteiger charge is -2.40. The molecule has 1 unspecified atom stereocenters. The molecule has 0 bridgehead atoms. The molecule has 1 fully saturated rings. The van der Waals surface area contributed by atoms with Crippen LogP contribution < -0.4 is 14.8 Å². The number of aliphatic hydroxyl groups excluding tert-OH is 2. The van der Waals surface area contributed by atoms with Gasteiger partial charge in [0.05, 0.1) is 37.6 Å². The van der Waals surface area contributed by atoms with Crippen LogP contribution in [-0.2, 0) is 12.8 Å². The lowest BCUT2D eigenvalue weighted by atomic mass is 9.99. The van der Waals surface area contributed by atoms with Gasteiger partial charge in [-0.15, -0.1) is 11.6 Å². The fourth-order valence-corrected chi connectivity index (χ4v) is 8.56. The van der Waals surface area contributed by atoms with Gasteiger partial charge in [0.2, 0.25) is 23.0 Å². The minimum atomic E-state index is -0.568. The first-order valence-electron chi connectivity index (χ1n) is 21.2. The number of hydrogen-bond acceptors (Lipinski definition) is 12. The van der Waals surface area contributed by atoms with Crippen LogP contribution in [0, 0.1) is 13.1 Å². The van der Waals surface area contributed by atoms with Crippen LogP contribution in [0.1, 0.15) is 74.9 Å². The third kappa shape index (κ3) is 9.47. The second-order valence-corrected chi connectivity index (χ2v) is 16.8. The van der Waals surface area contributed by atoms with E-state index in [0.717, 1.165) is 49.9 Å². The lowest BCUT2D eigenvalue weighted by molar-refractivity contribution is -0.0251. The molecule has 1 saturated heterocycles. The molecule has 15 heteroatoms. The third-order valence-electron chi connectivity index (χ3n) is 11.3. The Bertz CT molecular complexity index is 2660. The standard InChI is InChI=1S/C24H25ClN4O3.C24H24N4O3/c1-14(2)31-22-10-7-15(11-21(22)26-3)24-28-23(29-32-24)19-6-4-5-18-17(19)8-9-20(18)27-13-16(30)12-25;1-14(2)30-22-10-7-15(11-20(22)25-3)24-26-23(27-31-24)19-6-4-5-18-17(19)8-9-21(18)28-12-16(29)13-28/h4-7,10-11,14,16,20,27,30H,8-9,12-13H2,1-2H3;4-7,10-11,14,16,21,29H,8-9,12-13H2,1-2H3/t16?,20-;21-/m00/s1. The van der Waals surface area contributed by atoms with Gasteiger partial charge in [0.1, 0.15) is 11.5 Å². The second-order valence-electron chi connectivity index (χ2n) is 16.5. The normalized spacial score (nSPS) is 17.3. The molecule has 0 saturated carbocycles. The molecule has 0 amide bonds. The summed E-state index contributed by atoms with van der Waals surface area (Å²) in [4.78, 5) is 18.7. The lowest BCUT2D eigenvalue weighted by Crippen LogP contribution is -2.51. The van der Waals surface area contributed by atoms with Gasteiger partial charge in [-0.05, 0) is 112 Å². The highest BCUT2D eigenvalue weighted by Crippen LogP contribution is 2.43. The van der Waals surface area contributed by atoms with Crippen molar-refractivity contribution >= 4 is 23.0 Å². The molecule has 0 spiro atoms. The van der Waals surface area contributed by atoms with Crippen LogP contribution in [0.2, 0.25) is 0 Å². The van der Waals surface area contributed by atoms with Crippen molar-refractivity contribution in [3.63, 3.8) is 0 Å². The highest BCUT2D eigenvalue weighted by atomic mass is 35.5. The zero-order valence-electron chi connectivity index (χ0n) is 35.6. The number of aromatic nitrogens is 4. The molecule has 324 valence electrons. The largest absolute Gasteiger partial charge is 0.502 e. The van der Waals surface area contributed by atoms with E-state index in [4.69, 9.17) is 43.3 Å². The van der Waals surface area contributed by atoms with Crippen LogP contribution in [-0.4, -0.2) is 85.3 Å². The van der Waals surface area contributed by atoms with Gasteiger partial charge >= 0.3 is 0 Å². The highest BCUT2D eigenvalue weighted by molar-refractivity contribution is 6.18. The van der Waals surface area contributed by atoms with Gasteiger partial charge in [-0.1, -0.05) is 46.7 Å². The summed E-state index contributed by atoms with van der Waals surface area (Å²) < 4.78 is 22.5. The number of β-amino-alcohol motifs (C(OH)–C–C–N with tert-alkyl or cyclic N) is 1. The minimum absolute atomic E-state index is 0.00937. The molecular weight excluding hydrogens is 820 g/mol. The van der Waals surface area contributed by atoms with E-state index < -0.39 is 6.10 Å². The summed E-state index contributed by atoms with van der Waals surface area (Å²) in [5.74, 6) is 3.12. The first kappa shape index (κ1) is 43.5. The number of hydrogen-bond donors (Lipinski definition) is 3. The van der Waals surface area contributed by atoms with Crippen molar-refractivity contribution in [3.8, 4) is 57.2 Å². The Kier molecular flexibility index (Phi) is 13.2. The molecule has 2 aliphatic carbocycles. The van der Waals surface area contributed by atoms with Crippen LogP contribution in [0.25, 0.3) is 55.4 Å². The smallest absolute Gasteiger partial charge is 0.256 e. The van der Waals surface area contributed by atoms with Crippen molar-refractivity contribution in [3.05, 3.63) is 118 Å². The number of fused-ring (bicyclic) bond motifs is 2. The molecular formula is C48H49ClN8O6. The van der Waals surface area contributed by atoms with Gasteiger partial charge in [-0.2, -0.15) is 9.97 Å². The van der Waals surface area contributed by atoms with Crippen LogP contribution >= 0.6 is 11.6 Å². The quantitative estimate of drug-likeness (QED) is 0.0747. The number of nitrogens with one attached hydrogen (secondary N) is 1. The summed E-state index contributed by atoms with van der Waals surface area (Å²) >= 11 is 5.71. The van der Waals surface area contributed by atoms with Gasteiger partial charge in [0, 0.05) is 59.9 Å². The topological polar surface area (TPSA) is 161 Å². The monoisotopic (exact) mass is 868 g/mol. The molecule has 1 aliphatic heterocycles. The first-order valence-corrected chi connectivity index (χ1v) is 21.7. The SMILES string of the molecule is [C-]#[N+]c1cc(-c2nc(-c3cccc4c3CC[C@@H]4N3CC(O)C3)no2)ccc1OC(C)C.[C-]#[N+]c1cc(-c2nc(-c3cccc4c3CC[C@@H]4NCC(O)CCl)no2)ccc1OC(C)C. The van der Waals surface area contributed by atoms with Gasteiger partial charge in [-0.25, -0.2) is 9.69 Å². The number of rotatable bonds is 13. The molecule has 14 nitrogen and oxygen atoms in total. The van der Waals surface area contributed by atoms with Crippen molar-refractivity contribution in [2.45, 2.75) is 89.9 Å². The molecule has 2 aromatic heterocycles. The summed E-state index contributed by atoms with van der Waals surface area (Å²) in [6, 6.07) is 23.4. The Morgan fingerprint density at radius 2 is 1.30 bits per heavy atom. The van der Waals surface area contributed by atoms with E-state index in [-0.39, 0.29) is 30.2 Å². The number of halogens is 1. The number of likely N-dealkylation sites (tertiary alicyclic amines) is 1. The summed E-state index contributed by atoms with van der Waals surface area (Å²) in [5, 5.41) is 31.3. The molecule has 4 aromatic carbocycles. The Morgan fingerprint density at radius 3 is 1.81 bits per heavy atom. The molecule has 0 radical (unpaired) electrons. The maximum atomic E-state index is 9.75. The van der Waals surface area contributed by atoms with Crippen molar-refractivity contribution in [2.75, 3.05) is 25.5 Å². The van der Waals surface area contributed by atoms with Gasteiger partial charge in [0.25, 0.3) is 11.8 Å². The average molecular weight is 869 g/mol. The number of ether oxygens (including phenoxy) is 2. The highest BCUT2D eigenvalue weighted by Gasteiger charge is 2.36. The van der Waals surface area contributed by atoms with Crippen molar-refractivity contribution in [1.29, 1.82) is 0 Å². The maximum absolute atomic E-state index is 9.75. The van der Waals surface area contributed by atoms with Crippen LogP contribution in [0.5, 0.6) is 11.5 Å².